The van der Waals surface area contributed by atoms with E-state index in [1.807, 2.05) is 133 Å². The number of rotatable bonds is 12. The second-order valence-corrected chi connectivity index (χ2v) is 13.8. The molecule has 1 aliphatic rings. The van der Waals surface area contributed by atoms with Gasteiger partial charge >= 0.3 is 12.1 Å². The molecule has 8 nitrogen and oxygen atoms in total. The van der Waals surface area contributed by atoms with Crippen molar-refractivity contribution in [3.05, 3.63) is 120 Å². The van der Waals surface area contributed by atoms with Crippen molar-refractivity contribution in [2.24, 2.45) is 0 Å². The van der Waals surface area contributed by atoms with Gasteiger partial charge in [-0.2, -0.15) is 0 Å². The Morgan fingerprint density at radius 1 is 0.612 bits per heavy atom. The first-order valence-electron chi connectivity index (χ1n) is 17.4. The van der Waals surface area contributed by atoms with Crippen LogP contribution in [0.3, 0.4) is 0 Å². The van der Waals surface area contributed by atoms with Crippen LogP contribution in [-0.2, 0) is 12.8 Å². The van der Waals surface area contributed by atoms with E-state index < -0.39 is 0 Å². The number of amides is 4. The highest BCUT2D eigenvalue weighted by atomic mass is 16.2. The van der Waals surface area contributed by atoms with Gasteiger partial charge in [-0.3, -0.25) is 0 Å². The summed E-state index contributed by atoms with van der Waals surface area (Å²) in [6, 6.07) is 36.5. The molecule has 1 saturated carbocycles. The van der Waals surface area contributed by atoms with Gasteiger partial charge in [-0.25, -0.2) is 9.59 Å². The highest BCUT2D eigenvalue weighted by molar-refractivity contribution is 5.91. The van der Waals surface area contributed by atoms with Crippen LogP contribution in [0.15, 0.2) is 109 Å². The van der Waals surface area contributed by atoms with Gasteiger partial charge in [0.25, 0.3) is 0 Å². The van der Waals surface area contributed by atoms with Crippen molar-refractivity contribution in [3.8, 4) is 0 Å². The first-order chi connectivity index (χ1) is 23.6. The maximum atomic E-state index is 14.0. The molecule has 0 unspecified atom stereocenters. The molecule has 0 heterocycles. The van der Waals surface area contributed by atoms with Crippen LogP contribution in [0.1, 0.15) is 43.7 Å². The lowest BCUT2D eigenvalue weighted by Crippen LogP contribution is -2.56. The zero-order valence-electron chi connectivity index (χ0n) is 29.7. The lowest BCUT2D eigenvalue weighted by molar-refractivity contribution is 0.0691. The van der Waals surface area contributed by atoms with Crippen molar-refractivity contribution in [1.29, 1.82) is 0 Å². The van der Waals surface area contributed by atoms with E-state index in [-0.39, 0.29) is 23.6 Å². The first-order valence-corrected chi connectivity index (χ1v) is 17.4. The maximum Gasteiger partial charge on any atom is 0.322 e. The van der Waals surface area contributed by atoms with Gasteiger partial charge in [0.2, 0.25) is 0 Å². The van der Waals surface area contributed by atoms with Gasteiger partial charge in [0.15, 0.2) is 0 Å². The molecule has 0 atom stereocenters. The van der Waals surface area contributed by atoms with E-state index in [4.69, 9.17) is 0 Å². The molecule has 49 heavy (non-hydrogen) atoms. The summed E-state index contributed by atoms with van der Waals surface area (Å²) < 4.78 is 0. The molecule has 4 aromatic rings. The lowest BCUT2D eigenvalue weighted by Gasteiger charge is -2.47. The monoisotopic (exact) mass is 660 g/mol. The molecule has 2 N–H and O–H groups in total. The van der Waals surface area contributed by atoms with Crippen molar-refractivity contribution in [3.63, 3.8) is 0 Å². The quantitative estimate of drug-likeness (QED) is 0.160. The molecule has 1 fully saturated rings. The third kappa shape index (κ3) is 9.56. The zero-order chi connectivity index (χ0) is 34.8. The summed E-state index contributed by atoms with van der Waals surface area (Å²) in [6.45, 7) is 3.44. The van der Waals surface area contributed by atoms with Gasteiger partial charge in [0.1, 0.15) is 0 Å². The molecule has 5 rings (SSSR count). The van der Waals surface area contributed by atoms with Crippen LogP contribution in [0.4, 0.5) is 32.3 Å². The zero-order valence-corrected chi connectivity index (χ0v) is 29.7. The number of benzene rings is 4. The third-order valence-corrected chi connectivity index (χ3v) is 9.85. The van der Waals surface area contributed by atoms with Crippen LogP contribution in [-0.4, -0.2) is 74.7 Å². The Balaban J connectivity index is 1.31. The van der Waals surface area contributed by atoms with Crippen molar-refractivity contribution in [2.75, 3.05) is 61.7 Å². The number of urea groups is 2. The Hall–Kier alpha value is -4.98. The van der Waals surface area contributed by atoms with Crippen LogP contribution < -0.4 is 20.4 Å². The summed E-state index contributed by atoms with van der Waals surface area (Å²) in [6.07, 6.45) is 4.76. The second-order valence-electron chi connectivity index (χ2n) is 13.8. The fourth-order valence-electron chi connectivity index (χ4n) is 6.72. The molecular formula is C41H52N6O2. The minimum absolute atomic E-state index is 0.0652. The summed E-state index contributed by atoms with van der Waals surface area (Å²) in [4.78, 5) is 36.1. The Morgan fingerprint density at radius 2 is 1.04 bits per heavy atom. The van der Waals surface area contributed by atoms with E-state index in [2.05, 4.69) is 41.8 Å². The molecule has 4 aromatic carbocycles. The Bertz CT molecular complexity index is 1620. The predicted molar refractivity (Wildman–Crippen MR) is 204 cm³/mol. The number of carbonyl (C=O) groups is 2. The maximum absolute atomic E-state index is 14.0. The molecule has 0 aliphatic heterocycles. The number of hydrogen-bond acceptors (Lipinski definition) is 4. The molecule has 0 bridgehead atoms. The second kappa shape index (κ2) is 16.4. The van der Waals surface area contributed by atoms with Gasteiger partial charge < -0.3 is 30.2 Å². The molecule has 0 aromatic heterocycles. The van der Waals surface area contributed by atoms with Crippen LogP contribution in [0.2, 0.25) is 0 Å². The fourth-order valence-corrected chi connectivity index (χ4v) is 6.72. The van der Waals surface area contributed by atoms with Crippen LogP contribution in [0.5, 0.6) is 0 Å². The molecule has 4 amide bonds. The van der Waals surface area contributed by atoms with E-state index in [0.29, 0.717) is 13.1 Å². The predicted octanol–water partition coefficient (Wildman–Crippen LogP) is 8.37. The largest absolute Gasteiger partial charge is 0.378 e. The van der Waals surface area contributed by atoms with Gasteiger partial charge in [0, 0.05) is 75.6 Å². The van der Waals surface area contributed by atoms with Gasteiger partial charge in [-0.05, 0) is 105 Å². The number of nitrogens with one attached hydrogen (secondary N) is 2. The summed E-state index contributed by atoms with van der Waals surface area (Å²) in [5.74, 6) is 0. The number of carbonyl (C=O) groups excluding carboxylic acids is 2. The smallest absolute Gasteiger partial charge is 0.322 e. The van der Waals surface area contributed by atoms with E-state index >= 15 is 0 Å². The molecular weight excluding hydrogens is 608 g/mol. The molecule has 258 valence electrons. The molecule has 8 heteroatoms. The molecule has 0 radical (unpaired) electrons. The minimum Gasteiger partial charge on any atom is -0.378 e. The van der Waals surface area contributed by atoms with Crippen molar-refractivity contribution in [2.45, 2.75) is 57.0 Å². The van der Waals surface area contributed by atoms with Crippen LogP contribution >= 0.6 is 0 Å². The third-order valence-electron chi connectivity index (χ3n) is 9.85. The van der Waals surface area contributed by atoms with E-state index in [0.717, 1.165) is 61.3 Å². The van der Waals surface area contributed by atoms with Gasteiger partial charge in [-0.15, -0.1) is 0 Å². The Labute approximate surface area is 292 Å². The molecule has 0 spiro atoms. The van der Waals surface area contributed by atoms with Crippen LogP contribution in [0, 0.1) is 0 Å². The first kappa shape index (κ1) is 35.3. The van der Waals surface area contributed by atoms with Gasteiger partial charge in [0.05, 0.1) is 0 Å². The summed E-state index contributed by atoms with van der Waals surface area (Å²) in [5.41, 5.74) is 5.77. The molecule has 0 saturated heterocycles. The highest BCUT2D eigenvalue weighted by Gasteiger charge is 2.41. The summed E-state index contributed by atoms with van der Waals surface area (Å²) >= 11 is 0. The summed E-state index contributed by atoms with van der Waals surface area (Å²) in [7, 11) is 8.02. The average molecular weight is 661 g/mol. The van der Waals surface area contributed by atoms with E-state index in [9.17, 15) is 9.59 Å². The van der Waals surface area contributed by atoms with Gasteiger partial charge in [-0.1, -0.05) is 60.7 Å². The Morgan fingerprint density at radius 3 is 1.49 bits per heavy atom. The van der Waals surface area contributed by atoms with E-state index in [1.165, 1.54) is 11.1 Å². The molecule has 1 aliphatic carbocycles. The fraction of sp³-hybridized carbons (Fsp3) is 0.366. The van der Waals surface area contributed by atoms with Crippen molar-refractivity contribution >= 4 is 34.8 Å². The SMILES string of the molecule is CN(C)c1ccc(NC(=O)N(CCc2ccccc2)C2CCC(C)(N(CCc3ccccc3)C(=O)Nc3ccc(N(C)C)cc3)CC2)cc1. The average Bonchev–Trinajstić information content (AvgIpc) is 3.10. The van der Waals surface area contributed by atoms with Crippen LogP contribution in [0.25, 0.3) is 0 Å². The Kier molecular flexibility index (Phi) is 11.8. The topological polar surface area (TPSA) is 71.2 Å². The minimum atomic E-state index is -0.359. The summed E-state index contributed by atoms with van der Waals surface area (Å²) in [5, 5.41) is 6.36. The standard InChI is InChI=1S/C41H52N6O2/c1-41(47(31-27-33-14-10-7-11-15-33)40(49)43-35-18-22-37(23-19-35)45(4)5)28-24-38(25-29-41)46(30-26-32-12-8-6-9-13-32)39(48)42-34-16-20-36(21-17-34)44(2)3/h6-23,38H,24-31H2,1-5H3,(H,42,48)(H,43,49). The number of nitrogens with zero attached hydrogens (tertiary/aromatic N) is 4. The highest BCUT2D eigenvalue weighted by Crippen LogP contribution is 2.37. The normalized spacial score (nSPS) is 17.1. The lowest BCUT2D eigenvalue weighted by atomic mass is 9.78. The van der Waals surface area contributed by atoms with E-state index in [1.54, 1.807) is 0 Å². The van der Waals surface area contributed by atoms with Crippen molar-refractivity contribution in [1.82, 2.24) is 9.80 Å². The van der Waals surface area contributed by atoms with Crippen molar-refractivity contribution < 1.29 is 9.59 Å². The number of hydrogen-bond donors (Lipinski definition) is 2. The number of anilines is 4.